The highest BCUT2D eigenvalue weighted by molar-refractivity contribution is 7.13. The maximum absolute atomic E-state index is 12.1. The van der Waals surface area contributed by atoms with Crippen molar-refractivity contribution in [3.05, 3.63) is 11.1 Å². The van der Waals surface area contributed by atoms with E-state index < -0.39 is 5.54 Å². The highest BCUT2D eigenvalue weighted by Crippen LogP contribution is 2.24. The molecule has 1 aromatic heterocycles. The lowest BCUT2D eigenvalue weighted by molar-refractivity contribution is -0.124. The summed E-state index contributed by atoms with van der Waals surface area (Å²) in [5, 5.41) is 5.41. The smallest absolute Gasteiger partial charge is 0.246 e. The summed E-state index contributed by atoms with van der Waals surface area (Å²) < 4.78 is 5.23. The Labute approximate surface area is 111 Å². The van der Waals surface area contributed by atoms with Gasteiger partial charge in [-0.05, 0) is 18.8 Å². The van der Waals surface area contributed by atoms with E-state index in [4.69, 9.17) is 10.5 Å². The van der Waals surface area contributed by atoms with Crippen LogP contribution in [-0.2, 0) is 9.53 Å². The first kappa shape index (κ1) is 13.5. The molecule has 5 nitrogen and oxygen atoms in total. The van der Waals surface area contributed by atoms with Crippen LogP contribution < -0.4 is 11.1 Å². The van der Waals surface area contributed by atoms with Crippen molar-refractivity contribution in [2.75, 3.05) is 18.5 Å². The summed E-state index contributed by atoms with van der Waals surface area (Å²) >= 11 is 1.44. The number of carbonyl (C=O) groups excluding carboxylic acids is 1. The van der Waals surface area contributed by atoms with Gasteiger partial charge in [-0.3, -0.25) is 4.79 Å². The molecule has 2 heterocycles. The van der Waals surface area contributed by atoms with Gasteiger partial charge >= 0.3 is 0 Å². The third-order valence-corrected chi connectivity index (χ3v) is 3.95. The van der Waals surface area contributed by atoms with Crippen molar-refractivity contribution in [2.24, 2.45) is 5.73 Å². The van der Waals surface area contributed by atoms with Crippen LogP contribution in [0.25, 0.3) is 0 Å². The van der Waals surface area contributed by atoms with E-state index in [1.165, 1.54) is 11.3 Å². The summed E-state index contributed by atoms with van der Waals surface area (Å²) in [6, 6.07) is 0. The van der Waals surface area contributed by atoms with E-state index in [2.05, 4.69) is 24.1 Å². The van der Waals surface area contributed by atoms with Crippen molar-refractivity contribution in [1.29, 1.82) is 0 Å². The van der Waals surface area contributed by atoms with E-state index in [0.29, 0.717) is 37.1 Å². The summed E-state index contributed by atoms with van der Waals surface area (Å²) in [6.45, 7) is 5.23. The number of carbonyl (C=O) groups is 1. The fraction of sp³-hybridized carbons (Fsp3) is 0.667. The molecule has 0 atom stereocenters. The van der Waals surface area contributed by atoms with Crippen LogP contribution in [0.2, 0.25) is 0 Å². The van der Waals surface area contributed by atoms with Gasteiger partial charge in [-0.2, -0.15) is 0 Å². The van der Waals surface area contributed by atoms with Gasteiger partial charge in [-0.1, -0.05) is 13.8 Å². The molecule has 3 N–H and O–H groups in total. The number of nitrogens with two attached hydrogens (primary N) is 1. The van der Waals surface area contributed by atoms with Crippen LogP contribution in [0, 0.1) is 0 Å². The molecule has 1 fully saturated rings. The van der Waals surface area contributed by atoms with E-state index in [1.807, 2.05) is 5.38 Å². The van der Waals surface area contributed by atoms with Gasteiger partial charge in [0.1, 0.15) is 5.54 Å². The quantitative estimate of drug-likeness (QED) is 0.875. The number of rotatable bonds is 3. The van der Waals surface area contributed by atoms with Crippen LogP contribution in [0.15, 0.2) is 5.38 Å². The Bertz CT molecular complexity index is 425. The Balaban J connectivity index is 2.01. The van der Waals surface area contributed by atoms with Gasteiger partial charge in [0, 0.05) is 18.6 Å². The Morgan fingerprint density at radius 3 is 2.78 bits per heavy atom. The molecular weight excluding hydrogens is 250 g/mol. The van der Waals surface area contributed by atoms with Crippen LogP contribution in [-0.4, -0.2) is 29.6 Å². The molecule has 1 aliphatic heterocycles. The average Bonchev–Trinajstić information content (AvgIpc) is 2.78. The molecule has 2 rings (SSSR count). The van der Waals surface area contributed by atoms with Crippen LogP contribution in [0.5, 0.6) is 0 Å². The van der Waals surface area contributed by atoms with Crippen molar-refractivity contribution in [1.82, 2.24) is 4.98 Å². The number of anilines is 1. The van der Waals surface area contributed by atoms with Crippen molar-refractivity contribution in [2.45, 2.75) is 38.1 Å². The molecule has 0 saturated carbocycles. The third-order valence-electron chi connectivity index (χ3n) is 3.17. The van der Waals surface area contributed by atoms with Gasteiger partial charge in [-0.25, -0.2) is 4.98 Å². The first-order chi connectivity index (χ1) is 8.51. The monoisotopic (exact) mass is 269 g/mol. The Morgan fingerprint density at radius 2 is 2.22 bits per heavy atom. The van der Waals surface area contributed by atoms with Crippen molar-refractivity contribution in [3.8, 4) is 0 Å². The molecule has 1 aromatic rings. The molecule has 1 aliphatic rings. The van der Waals surface area contributed by atoms with Crippen LogP contribution >= 0.6 is 11.3 Å². The Morgan fingerprint density at radius 1 is 1.56 bits per heavy atom. The van der Waals surface area contributed by atoms with E-state index in [1.54, 1.807) is 0 Å². The minimum atomic E-state index is -0.818. The minimum absolute atomic E-state index is 0.157. The minimum Gasteiger partial charge on any atom is -0.381 e. The molecule has 0 aromatic carbocycles. The first-order valence-corrected chi connectivity index (χ1v) is 7.03. The maximum atomic E-state index is 12.1. The number of amides is 1. The SMILES string of the molecule is CC(C)c1csc(NC(=O)C2(N)CCOCC2)n1. The number of nitrogens with one attached hydrogen (secondary N) is 1. The molecule has 1 saturated heterocycles. The van der Waals surface area contributed by atoms with Gasteiger partial charge in [0.25, 0.3) is 0 Å². The zero-order chi connectivity index (χ0) is 13.2. The zero-order valence-electron chi connectivity index (χ0n) is 10.7. The summed E-state index contributed by atoms with van der Waals surface area (Å²) in [5.74, 6) is 0.206. The van der Waals surface area contributed by atoms with E-state index in [0.717, 1.165) is 5.69 Å². The predicted octanol–water partition coefficient (Wildman–Crippen LogP) is 1.71. The summed E-state index contributed by atoms with van der Waals surface area (Å²) in [7, 11) is 0. The topological polar surface area (TPSA) is 77.2 Å². The van der Waals surface area contributed by atoms with Gasteiger partial charge in [0.2, 0.25) is 5.91 Å². The van der Waals surface area contributed by atoms with E-state index in [-0.39, 0.29) is 5.91 Å². The normalized spacial score (nSPS) is 18.9. The molecule has 18 heavy (non-hydrogen) atoms. The van der Waals surface area contributed by atoms with E-state index in [9.17, 15) is 4.79 Å². The Hall–Kier alpha value is -0.980. The van der Waals surface area contributed by atoms with Gasteiger partial charge in [-0.15, -0.1) is 11.3 Å². The van der Waals surface area contributed by atoms with Gasteiger partial charge in [0.15, 0.2) is 5.13 Å². The fourth-order valence-corrected chi connectivity index (χ4v) is 2.66. The zero-order valence-corrected chi connectivity index (χ0v) is 11.5. The van der Waals surface area contributed by atoms with Crippen LogP contribution in [0.3, 0.4) is 0 Å². The van der Waals surface area contributed by atoms with Crippen LogP contribution in [0.1, 0.15) is 38.3 Å². The Kier molecular flexibility index (Phi) is 3.99. The third kappa shape index (κ3) is 2.88. The number of ether oxygens (including phenoxy) is 1. The number of aromatic nitrogens is 1. The second-order valence-electron chi connectivity index (χ2n) is 4.95. The number of hydrogen-bond acceptors (Lipinski definition) is 5. The highest BCUT2D eigenvalue weighted by atomic mass is 32.1. The lowest BCUT2D eigenvalue weighted by Crippen LogP contribution is -2.54. The number of hydrogen-bond donors (Lipinski definition) is 2. The molecule has 0 bridgehead atoms. The van der Waals surface area contributed by atoms with Crippen LogP contribution in [0.4, 0.5) is 5.13 Å². The highest BCUT2D eigenvalue weighted by Gasteiger charge is 2.36. The van der Waals surface area contributed by atoms with Crippen molar-refractivity contribution < 1.29 is 9.53 Å². The molecule has 1 amide bonds. The molecule has 0 unspecified atom stereocenters. The summed E-state index contributed by atoms with van der Waals surface area (Å²) in [5.41, 5.74) is 6.28. The molecule has 0 spiro atoms. The molecule has 0 aliphatic carbocycles. The fourth-order valence-electron chi connectivity index (χ4n) is 1.79. The second kappa shape index (κ2) is 5.34. The number of thiazole rings is 1. The van der Waals surface area contributed by atoms with Gasteiger partial charge in [0.05, 0.1) is 5.69 Å². The molecule has 100 valence electrons. The molecule has 6 heteroatoms. The summed E-state index contributed by atoms with van der Waals surface area (Å²) in [6.07, 6.45) is 1.11. The van der Waals surface area contributed by atoms with Crippen molar-refractivity contribution in [3.63, 3.8) is 0 Å². The largest absolute Gasteiger partial charge is 0.381 e. The molecular formula is C12H19N3O2S. The maximum Gasteiger partial charge on any atom is 0.246 e. The first-order valence-electron chi connectivity index (χ1n) is 6.15. The van der Waals surface area contributed by atoms with E-state index >= 15 is 0 Å². The summed E-state index contributed by atoms with van der Waals surface area (Å²) in [4.78, 5) is 16.5. The van der Waals surface area contributed by atoms with Crippen molar-refractivity contribution >= 4 is 22.4 Å². The van der Waals surface area contributed by atoms with Gasteiger partial charge < -0.3 is 15.8 Å². The second-order valence-corrected chi connectivity index (χ2v) is 5.81. The average molecular weight is 269 g/mol. The lowest BCUT2D eigenvalue weighted by Gasteiger charge is -2.31. The molecule has 0 radical (unpaired) electrons. The number of nitrogens with zero attached hydrogens (tertiary/aromatic N) is 1. The lowest BCUT2D eigenvalue weighted by atomic mass is 9.90. The predicted molar refractivity (Wildman–Crippen MR) is 71.8 cm³/mol. The standard InChI is InChI=1S/C12H19N3O2S/c1-8(2)9-7-18-11(14-9)15-10(16)12(13)3-5-17-6-4-12/h7-8H,3-6,13H2,1-2H3,(H,14,15,16).